The normalized spacial score (nSPS) is 13.5. The van der Waals surface area contributed by atoms with Crippen molar-refractivity contribution in [2.75, 3.05) is 45.0 Å². The molecule has 0 saturated carbocycles. The summed E-state index contributed by atoms with van der Waals surface area (Å²) < 4.78 is 5.24. The van der Waals surface area contributed by atoms with Gasteiger partial charge in [-0.05, 0) is 76.4 Å². The van der Waals surface area contributed by atoms with E-state index >= 15 is 0 Å². The molecule has 2 aromatic rings. The van der Waals surface area contributed by atoms with Crippen LogP contribution in [0.1, 0.15) is 56.1 Å². The van der Waals surface area contributed by atoms with E-state index in [-0.39, 0.29) is 17.6 Å². The second-order valence-electron chi connectivity index (χ2n) is 9.31. The number of hydrogen-bond acceptors (Lipinski definition) is 5. The van der Waals surface area contributed by atoms with Gasteiger partial charge in [0.15, 0.2) is 0 Å². The number of hydrogen-bond donors (Lipinski definition) is 2. The number of nitrogens with two attached hydrogens (primary N) is 1. The molecule has 0 unspecified atom stereocenters. The molecule has 186 valence electrons. The summed E-state index contributed by atoms with van der Waals surface area (Å²) in [5.41, 5.74) is 9.28. The molecule has 1 aliphatic rings. The highest BCUT2D eigenvalue weighted by Gasteiger charge is 2.22. The molecule has 34 heavy (non-hydrogen) atoms. The van der Waals surface area contributed by atoms with Crippen LogP contribution in [0.3, 0.4) is 0 Å². The zero-order valence-corrected chi connectivity index (χ0v) is 21.3. The number of rotatable bonds is 5. The largest absolute Gasteiger partial charge is 0.444 e. The van der Waals surface area contributed by atoms with Gasteiger partial charge >= 0.3 is 6.09 Å². The molecular formula is C27H40N4O3. The van der Waals surface area contributed by atoms with E-state index in [1.54, 1.807) is 4.90 Å². The van der Waals surface area contributed by atoms with Gasteiger partial charge in [0.25, 0.3) is 5.91 Å². The molecule has 0 bridgehead atoms. The second-order valence-corrected chi connectivity index (χ2v) is 9.31. The van der Waals surface area contributed by atoms with Crippen molar-refractivity contribution in [1.29, 1.82) is 0 Å². The van der Waals surface area contributed by atoms with E-state index < -0.39 is 0 Å². The molecule has 3 N–H and O–H groups in total. The molecule has 3 rings (SSSR count). The molecule has 0 radical (unpaired) electrons. The first-order chi connectivity index (χ1) is 16.1. The Bertz CT molecular complexity index is 912. The number of piperazine rings is 1. The summed E-state index contributed by atoms with van der Waals surface area (Å²) in [6.07, 6.45) is 0.624. The molecule has 7 heteroatoms. The molecule has 2 aromatic carbocycles. The van der Waals surface area contributed by atoms with E-state index in [4.69, 9.17) is 10.5 Å². The molecule has 1 aliphatic heterocycles. The van der Waals surface area contributed by atoms with Gasteiger partial charge in [0.05, 0.1) is 0 Å². The van der Waals surface area contributed by atoms with Crippen LogP contribution < -0.4 is 11.1 Å². The lowest BCUT2D eigenvalue weighted by molar-refractivity contribution is 0.0228. The van der Waals surface area contributed by atoms with E-state index in [0.717, 1.165) is 56.9 Å². The van der Waals surface area contributed by atoms with Crippen molar-refractivity contribution in [3.05, 3.63) is 65.2 Å². The Hall–Kier alpha value is -3.06. The average molecular weight is 469 g/mol. The van der Waals surface area contributed by atoms with Gasteiger partial charge in [-0.1, -0.05) is 24.3 Å². The molecule has 0 aliphatic carbocycles. The molecule has 1 heterocycles. The van der Waals surface area contributed by atoms with Gasteiger partial charge in [0, 0.05) is 50.5 Å². The van der Waals surface area contributed by atoms with Crippen LogP contribution in [-0.2, 0) is 11.2 Å². The van der Waals surface area contributed by atoms with Crippen molar-refractivity contribution >= 4 is 17.7 Å². The van der Waals surface area contributed by atoms with Crippen LogP contribution in [0.2, 0.25) is 0 Å². The van der Waals surface area contributed by atoms with Crippen LogP contribution in [0.15, 0.2) is 48.5 Å². The van der Waals surface area contributed by atoms with Gasteiger partial charge in [0.1, 0.15) is 5.60 Å². The van der Waals surface area contributed by atoms with Crippen molar-refractivity contribution in [2.24, 2.45) is 0 Å². The molecule has 2 amide bonds. The maximum atomic E-state index is 12.2. The molecular weight excluding hydrogens is 428 g/mol. The average Bonchev–Trinajstić information content (AvgIpc) is 2.80. The third-order valence-electron chi connectivity index (χ3n) is 5.38. The van der Waals surface area contributed by atoms with E-state index in [9.17, 15) is 9.59 Å². The van der Waals surface area contributed by atoms with Crippen LogP contribution in [0.4, 0.5) is 10.5 Å². The van der Waals surface area contributed by atoms with Gasteiger partial charge in [0.2, 0.25) is 0 Å². The van der Waals surface area contributed by atoms with E-state index in [2.05, 4.69) is 11.4 Å². The molecule has 7 nitrogen and oxygen atoms in total. The monoisotopic (exact) mass is 468 g/mol. The zero-order chi connectivity index (χ0) is 25.1. The summed E-state index contributed by atoms with van der Waals surface area (Å²) in [5, 5.41) is 3.18. The predicted molar refractivity (Wildman–Crippen MR) is 138 cm³/mol. The molecule has 0 spiro atoms. The number of nitrogens with one attached hydrogen (secondary N) is 1. The zero-order valence-electron chi connectivity index (χ0n) is 21.3. The number of nitrogens with zero attached hydrogens (tertiary/aromatic N) is 2. The number of ether oxygens (including phenoxy) is 1. The highest BCUT2D eigenvalue weighted by atomic mass is 16.6. The first kappa shape index (κ1) is 27.2. The van der Waals surface area contributed by atoms with Crippen LogP contribution in [0.5, 0.6) is 0 Å². The highest BCUT2D eigenvalue weighted by Crippen LogP contribution is 2.14. The van der Waals surface area contributed by atoms with Gasteiger partial charge in [-0.3, -0.25) is 4.79 Å². The number of benzene rings is 2. The molecule has 1 saturated heterocycles. The third kappa shape index (κ3) is 9.06. The lowest BCUT2D eigenvalue weighted by Gasteiger charge is -2.30. The SMILES string of the molecule is CC(C)(C)OC(=O)N1CCNCC1.CCN(CC)C(=O)c1ccc(Cc2cccc(N)c2)cc1. The summed E-state index contributed by atoms with van der Waals surface area (Å²) in [4.78, 5) is 27.3. The fourth-order valence-corrected chi connectivity index (χ4v) is 3.57. The third-order valence-corrected chi connectivity index (χ3v) is 5.38. The molecule has 0 aromatic heterocycles. The lowest BCUT2D eigenvalue weighted by Crippen LogP contribution is -2.48. The number of nitrogen functional groups attached to an aromatic ring is 1. The van der Waals surface area contributed by atoms with E-state index in [0.29, 0.717) is 0 Å². The number of anilines is 1. The minimum absolute atomic E-state index is 0.0931. The minimum atomic E-state index is -0.387. The molecule has 1 fully saturated rings. The Morgan fingerprint density at radius 2 is 1.62 bits per heavy atom. The van der Waals surface area contributed by atoms with Crippen LogP contribution >= 0.6 is 0 Å². The van der Waals surface area contributed by atoms with Crippen molar-refractivity contribution in [2.45, 2.75) is 46.6 Å². The van der Waals surface area contributed by atoms with Crippen LogP contribution in [0.25, 0.3) is 0 Å². The smallest absolute Gasteiger partial charge is 0.410 e. The van der Waals surface area contributed by atoms with Crippen LogP contribution in [0, 0.1) is 0 Å². The standard InChI is InChI=1S/C18H22N2O.C9H18N2O2/c1-3-20(4-2)18(21)16-10-8-14(9-11-16)12-15-6-5-7-17(19)13-15;1-9(2,3)13-8(12)11-6-4-10-5-7-11/h5-11,13H,3-4,12,19H2,1-2H3;10H,4-7H2,1-3H3. The maximum Gasteiger partial charge on any atom is 0.410 e. The van der Waals surface area contributed by atoms with E-state index in [1.807, 2.05) is 82.0 Å². The van der Waals surface area contributed by atoms with Gasteiger partial charge in [-0.2, -0.15) is 0 Å². The summed E-state index contributed by atoms with van der Waals surface area (Å²) in [6, 6.07) is 15.7. The van der Waals surface area contributed by atoms with Gasteiger partial charge < -0.3 is 25.6 Å². The Balaban J connectivity index is 0.000000270. The molecule has 0 atom stereocenters. The van der Waals surface area contributed by atoms with Gasteiger partial charge in [-0.25, -0.2) is 4.79 Å². The Labute approximate surface area is 204 Å². The fourth-order valence-electron chi connectivity index (χ4n) is 3.57. The number of carbonyl (C=O) groups excluding carboxylic acids is 2. The Morgan fingerprint density at radius 3 is 2.15 bits per heavy atom. The minimum Gasteiger partial charge on any atom is -0.444 e. The van der Waals surface area contributed by atoms with Crippen molar-refractivity contribution < 1.29 is 14.3 Å². The fraction of sp³-hybridized carbons (Fsp3) is 0.481. The number of carbonyl (C=O) groups is 2. The van der Waals surface area contributed by atoms with E-state index in [1.165, 1.54) is 11.1 Å². The first-order valence-electron chi connectivity index (χ1n) is 12.0. The second kappa shape index (κ2) is 13.0. The highest BCUT2D eigenvalue weighted by molar-refractivity contribution is 5.94. The maximum absolute atomic E-state index is 12.2. The van der Waals surface area contributed by atoms with Gasteiger partial charge in [-0.15, -0.1) is 0 Å². The van der Waals surface area contributed by atoms with Crippen molar-refractivity contribution in [3.8, 4) is 0 Å². The topological polar surface area (TPSA) is 87.9 Å². The summed E-state index contributed by atoms with van der Waals surface area (Å²) in [7, 11) is 0. The summed E-state index contributed by atoms with van der Waals surface area (Å²) >= 11 is 0. The summed E-state index contributed by atoms with van der Waals surface area (Å²) in [6.45, 7) is 14.3. The Kier molecular flexibility index (Phi) is 10.4. The summed E-state index contributed by atoms with van der Waals surface area (Å²) in [5.74, 6) is 0.0931. The predicted octanol–water partition coefficient (Wildman–Crippen LogP) is 4.17. The quantitative estimate of drug-likeness (QED) is 0.643. The van der Waals surface area contributed by atoms with Crippen molar-refractivity contribution in [3.63, 3.8) is 0 Å². The number of amides is 2. The lowest BCUT2D eigenvalue weighted by atomic mass is 10.0. The first-order valence-corrected chi connectivity index (χ1v) is 12.0. The van der Waals surface area contributed by atoms with Crippen molar-refractivity contribution in [1.82, 2.24) is 15.1 Å². The Morgan fingerprint density at radius 1 is 1.00 bits per heavy atom. The van der Waals surface area contributed by atoms with Crippen LogP contribution in [-0.4, -0.2) is 66.7 Å².